The second-order valence-corrected chi connectivity index (χ2v) is 6.98. The van der Waals surface area contributed by atoms with E-state index in [1.165, 1.54) is 33.0 Å². The van der Waals surface area contributed by atoms with Gasteiger partial charge in [0.2, 0.25) is 0 Å². The van der Waals surface area contributed by atoms with Crippen LogP contribution in [0.25, 0.3) is 38.6 Å². The fraction of sp³-hybridized carbons (Fsp3) is 0.125. The van der Waals surface area contributed by atoms with Gasteiger partial charge in [0.15, 0.2) is 0 Å². The van der Waals surface area contributed by atoms with Crippen LogP contribution in [0.5, 0.6) is 0 Å². The zero-order chi connectivity index (χ0) is 17.8. The summed E-state index contributed by atoms with van der Waals surface area (Å²) in [6, 6.07) is 22.6. The monoisotopic (exact) mass is 527 g/mol. The number of aromatic nitrogens is 2. The van der Waals surface area contributed by atoms with Crippen molar-refractivity contribution in [1.29, 1.82) is 0 Å². The Kier molecular flexibility index (Phi) is 4.38. The first kappa shape index (κ1) is 17.9. The topological polar surface area (TPSA) is 17.3 Å². The van der Waals surface area contributed by atoms with Crippen LogP contribution in [-0.2, 0) is 20.1 Å². The molecule has 3 heteroatoms. The zero-order valence-corrected chi connectivity index (χ0v) is 17.8. The van der Waals surface area contributed by atoms with Gasteiger partial charge in [-0.25, -0.2) is 11.5 Å². The molecule has 0 atom stereocenters. The van der Waals surface area contributed by atoms with Crippen LogP contribution >= 0.6 is 0 Å². The maximum absolute atomic E-state index is 4.73. The summed E-state index contributed by atoms with van der Waals surface area (Å²) < 4.78 is 2.24. The molecule has 0 spiro atoms. The molecule has 2 nitrogen and oxygen atoms in total. The Hall–Kier alpha value is -2.48. The summed E-state index contributed by atoms with van der Waals surface area (Å²) in [7, 11) is 0. The van der Waals surface area contributed by atoms with Crippen molar-refractivity contribution in [2.24, 2.45) is 0 Å². The number of benzene rings is 3. The van der Waals surface area contributed by atoms with Crippen LogP contribution in [0.2, 0.25) is 0 Å². The summed E-state index contributed by atoms with van der Waals surface area (Å²) >= 11 is 0. The van der Waals surface area contributed by atoms with E-state index in [-0.39, 0.29) is 20.1 Å². The molecular weight excluding hydrogens is 508 g/mol. The molecular formula is C24H18IrN2-2. The van der Waals surface area contributed by atoms with Crippen molar-refractivity contribution in [2.45, 2.75) is 20.8 Å². The second kappa shape index (κ2) is 6.60. The largest absolute Gasteiger partial charge is 0.411 e. The molecule has 1 radical (unpaired) electrons. The molecule has 2 aromatic heterocycles. The number of pyridine rings is 1. The average Bonchev–Trinajstić information content (AvgIpc) is 3.07. The van der Waals surface area contributed by atoms with E-state index in [0.29, 0.717) is 0 Å². The quantitative estimate of drug-likeness (QED) is 0.198. The first-order chi connectivity index (χ1) is 12.6. The Morgan fingerprint density at radius 1 is 0.889 bits per heavy atom. The molecule has 0 amide bonds. The molecule has 5 rings (SSSR count). The smallest absolute Gasteiger partial charge is 0.0323 e. The van der Waals surface area contributed by atoms with E-state index in [0.717, 1.165) is 22.2 Å². The predicted molar refractivity (Wildman–Crippen MR) is 108 cm³/mol. The van der Waals surface area contributed by atoms with Crippen LogP contribution in [0.1, 0.15) is 16.7 Å². The van der Waals surface area contributed by atoms with Gasteiger partial charge in [0.25, 0.3) is 0 Å². The molecule has 0 saturated heterocycles. The van der Waals surface area contributed by atoms with Crippen molar-refractivity contribution < 1.29 is 20.1 Å². The third-order valence-electron chi connectivity index (χ3n) is 5.18. The number of hydrogen-bond acceptors (Lipinski definition) is 1. The van der Waals surface area contributed by atoms with Crippen molar-refractivity contribution in [3.63, 3.8) is 0 Å². The summed E-state index contributed by atoms with van der Waals surface area (Å²) in [5.41, 5.74) is 7.02. The van der Waals surface area contributed by atoms with E-state index in [9.17, 15) is 0 Å². The minimum absolute atomic E-state index is 0. The van der Waals surface area contributed by atoms with E-state index < -0.39 is 0 Å². The third-order valence-corrected chi connectivity index (χ3v) is 5.18. The van der Waals surface area contributed by atoms with E-state index in [2.05, 4.69) is 79.9 Å². The summed E-state index contributed by atoms with van der Waals surface area (Å²) in [6.45, 7) is 6.42. The molecule has 3 aromatic carbocycles. The molecule has 0 unspecified atom stereocenters. The zero-order valence-electron chi connectivity index (χ0n) is 15.4. The number of fused-ring (bicyclic) bond motifs is 6. The minimum atomic E-state index is 0. The predicted octanol–water partition coefficient (Wildman–Crippen LogP) is 5.83. The molecule has 0 fully saturated rings. The molecule has 0 saturated carbocycles. The standard InChI is InChI=1S/C24H18N2.Ir/c1-15-11-12-21-20(13-15)18-9-4-5-10-19(18)22-14-25-24(26(21)22)23-16(2)7-6-8-17(23)3;/h4-9,11-13H,1-3H3;/q-2;. The van der Waals surface area contributed by atoms with Crippen LogP contribution < -0.4 is 0 Å². The number of aryl methyl sites for hydroxylation is 3. The number of imidazole rings is 1. The SMILES string of the molecule is Cc1ccc2c(c1)c1ccc[c-]c1c1[c-]nc(-c3c(C)cccc3C)n12.[Ir]. The summed E-state index contributed by atoms with van der Waals surface area (Å²) in [6.07, 6.45) is 3.27. The van der Waals surface area contributed by atoms with Crippen molar-refractivity contribution >= 4 is 27.2 Å². The van der Waals surface area contributed by atoms with Gasteiger partial charge in [0, 0.05) is 31.4 Å². The Labute approximate surface area is 172 Å². The van der Waals surface area contributed by atoms with Gasteiger partial charge in [-0.05, 0) is 37.8 Å². The van der Waals surface area contributed by atoms with Crippen LogP contribution in [-0.4, -0.2) is 9.38 Å². The Morgan fingerprint density at radius 3 is 2.44 bits per heavy atom. The van der Waals surface area contributed by atoms with Crippen LogP contribution in [0.4, 0.5) is 0 Å². The Bertz CT molecular complexity index is 1290. The van der Waals surface area contributed by atoms with E-state index >= 15 is 0 Å². The fourth-order valence-corrected chi connectivity index (χ4v) is 3.97. The van der Waals surface area contributed by atoms with Gasteiger partial charge in [-0.2, -0.15) is 11.5 Å². The molecule has 2 heterocycles. The third kappa shape index (κ3) is 2.62. The van der Waals surface area contributed by atoms with E-state index in [1.54, 1.807) is 0 Å². The first-order valence-corrected chi connectivity index (χ1v) is 8.84. The van der Waals surface area contributed by atoms with Crippen LogP contribution in [0.15, 0.2) is 54.6 Å². The average molecular weight is 527 g/mol. The van der Waals surface area contributed by atoms with Crippen molar-refractivity contribution in [1.82, 2.24) is 9.38 Å². The van der Waals surface area contributed by atoms with E-state index in [4.69, 9.17) is 4.98 Å². The van der Waals surface area contributed by atoms with Gasteiger partial charge in [-0.3, -0.25) is 0 Å². The van der Waals surface area contributed by atoms with Gasteiger partial charge < -0.3 is 9.38 Å². The molecule has 135 valence electrons. The molecule has 0 aliphatic rings. The molecule has 0 aliphatic carbocycles. The van der Waals surface area contributed by atoms with Crippen molar-refractivity contribution in [3.05, 3.63) is 83.6 Å². The maximum Gasteiger partial charge on any atom is 0.0323 e. The summed E-state index contributed by atoms with van der Waals surface area (Å²) in [4.78, 5) is 4.73. The summed E-state index contributed by atoms with van der Waals surface area (Å²) in [5, 5.41) is 3.49. The van der Waals surface area contributed by atoms with Crippen molar-refractivity contribution in [2.75, 3.05) is 0 Å². The summed E-state index contributed by atoms with van der Waals surface area (Å²) in [5.74, 6) is 0.948. The van der Waals surface area contributed by atoms with E-state index in [1.807, 2.05) is 12.1 Å². The van der Waals surface area contributed by atoms with Crippen LogP contribution in [0, 0.1) is 33.0 Å². The molecule has 0 bridgehead atoms. The first-order valence-electron chi connectivity index (χ1n) is 8.84. The van der Waals surface area contributed by atoms with Gasteiger partial charge in [0.1, 0.15) is 0 Å². The van der Waals surface area contributed by atoms with Gasteiger partial charge in [0.05, 0.1) is 0 Å². The Balaban J connectivity index is 0.00000180. The number of hydrogen-bond donors (Lipinski definition) is 0. The molecule has 5 aromatic rings. The Morgan fingerprint density at radius 2 is 1.67 bits per heavy atom. The normalized spacial score (nSPS) is 11.2. The molecule has 27 heavy (non-hydrogen) atoms. The maximum atomic E-state index is 4.73. The number of rotatable bonds is 1. The van der Waals surface area contributed by atoms with Crippen LogP contribution in [0.3, 0.4) is 0 Å². The molecule has 0 N–H and O–H groups in total. The van der Waals surface area contributed by atoms with Crippen molar-refractivity contribution in [3.8, 4) is 11.4 Å². The van der Waals surface area contributed by atoms with Gasteiger partial charge in [-0.15, -0.1) is 23.8 Å². The second-order valence-electron chi connectivity index (χ2n) is 6.98. The molecule has 0 aliphatic heterocycles. The minimum Gasteiger partial charge on any atom is -0.411 e. The number of nitrogens with zero attached hydrogens (tertiary/aromatic N) is 2. The van der Waals surface area contributed by atoms with Gasteiger partial charge in [-0.1, -0.05) is 47.0 Å². The van der Waals surface area contributed by atoms with Gasteiger partial charge >= 0.3 is 0 Å². The fourth-order valence-electron chi connectivity index (χ4n) is 3.97.